The van der Waals surface area contributed by atoms with Crippen molar-refractivity contribution < 1.29 is 0 Å². The minimum Gasteiger partial charge on any atom is -0.310 e. The third-order valence-corrected chi connectivity index (χ3v) is 13.8. The Morgan fingerprint density at radius 3 is 1.64 bits per heavy atom. The van der Waals surface area contributed by atoms with Gasteiger partial charge in [0.1, 0.15) is 5.69 Å². The molecule has 1 aliphatic rings. The number of benzene rings is 10. The van der Waals surface area contributed by atoms with E-state index in [1.54, 1.807) is 0 Å². The average Bonchev–Trinajstić information content (AvgIpc) is 3.95. The fourth-order valence-corrected chi connectivity index (χ4v) is 11.0. The molecule has 0 saturated heterocycles. The summed E-state index contributed by atoms with van der Waals surface area (Å²) in [4.78, 5) is 2.47. The van der Waals surface area contributed by atoms with Crippen molar-refractivity contribution in [3.05, 3.63) is 283 Å². The molecule has 0 fully saturated rings. The number of rotatable bonds is 8. The Kier molecular flexibility index (Phi) is 9.07. The third-order valence-electron chi connectivity index (χ3n) is 13.8. The highest BCUT2D eigenvalue weighted by Gasteiger charge is 2.46. The van der Waals surface area contributed by atoms with Crippen molar-refractivity contribution in [2.24, 2.45) is 0 Å². The lowest BCUT2D eigenvalue weighted by molar-refractivity contribution is 0.768. The van der Waals surface area contributed by atoms with Gasteiger partial charge >= 0.3 is 0 Å². The van der Waals surface area contributed by atoms with E-state index in [0.29, 0.717) is 0 Å². The zero-order valence-electron chi connectivity index (χ0n) is 36.7. The second-order valence-electron chi connectivity index (χ2n) is 17.5. The molecule has 67 heavy (non-hydrogen) atoms. The quantitative estimate of drug-likeness (QED) is 0.152. The highest BCUT2D eigenvalue weighted by atomic mass is 15.2. The van der Waals surface area contributed by atoms with Crippen LogP contribution in [0.5, 0.6) is 0 Å². The van der Waals surface area contributed by atoms with Crippen molar-refractivity contribution in [3.63, 3.8) is 0 Å². The van der Waals surface area contributed by atoms with Crippen LogP contribution in [0.2, 0.25) is 0 Å². The van der Waals surface area contributed by atoms with Crippen LogP contribution >= 0.6 is 0 Å². The van der Waals surface area contributed by atoms with Gasteiger partial charge in [-0.25, -0.2) is 4.52 Å². The SMILES string of the molecule is c1ccc(-c2nn3c(-c4ccccc4)cc4cc(N(c5ccc6c(c5)C(c5ccccc5)(c5ccccc5)c5ccccc5-6)c5cccc6ccccc56)ccc4c3c2-c2ccccc2)cc1. The second-order valence-corrected chi connectivity index (χ2v) is 17.5. The summed E-state index contributed by atoms with van der Waals surface area (Å²) in [6.45, 7) is 0. The second kappa shape index (κ2) is 15.7. The Hall–Kier alpha value is -8.79. The van der Waals surface area contributed by atoms with Gasteiger partial charge in [-0.2, -0.15) is 5.10 Å². The van der Waals surface area contributed by atoms with Crippen LogP contribution in [0.1, 0.15) is 22.3 Å². The van der Waals surface area contributed by atoms with Crippen LogP contribution in [0.3, 0.4) is 0 Å². The van der Waals surface area contributed by atoms with E-state index in [0.717, 1.165) is 67.0 Å². The van der Waals surface area contributed by atoms with Gasteiger partial charge in [-0.3, -0.25) is 0 Å². The van der Waals surface area contributed by atoms with E-state index in [1.807, 2.05) is 0 Å². The molecule has 0 atom stereocenters. The molecular weight excluding hydrogens is 811 g/mol. The highest BCUT2D eigenvalue weighted by Crippen LogP contribution is 2.57. The maximum atomic E-state index is 5.49. The standard InChI is InChI=1S/C64H43N3/c1-6-22-45(23-7-1)60-42-48-41-51(37-39-54(48)63-61(46-24-8-2-9-25-46)62(65-67(60)63)47-26-10-3-11-27-47)66(59-36-20-28-44-21-16-17-33-53(44)59)52-38-40-56-55-34-18-19-35-57(55)64(58(56)43-52,49-29-12-4-13-30-49)50-31-14-5-15-32-50/h1-43H. The molecule has 2 aromatic heterocycles. The Bertz CT molecular complexity index is 3740. The van der Waals surface area contributed by atoms with Crippen molar-refractivity contribution in [2.45, 2.75) is 5.41 Å². The van der Waals surface area contributed by atoms with Crippen LogP contribution in [0.4, 0.5) is 17.1 Å². The molecule has 0 spiro atoms. The number of nitrogens with zero attached hydrogens (tertiary/aromatic N) is 3. The summed E-state index contributed by atoms with van der Waals surface area (Å²) >= 11 is 0. The van der Waals surface area contributed by atoms with E-state index >= 15 is 0 Å². The van der Waals surface area contributed by atoms with E-state index in [9.17, 15) is 0 Å². The monoisotopic (exact) mass is 853 g/mol. The van der Waals surface area contributed by atoms with Crippen molar-refractivity contribution in [1.82, 2.24) is 9.61 Å². The molecule has 3 nitrogen and oxygen atoms in total. The van der Waals surface area contributed by atoms with Gasteiger partial charge in [0.05, 0.1) is 22.3 Å². The third kappa shape index (κ3) is 6.09. The van der Waals surface area contributed by atoms with E-state index < -0.39 is 5.41 Å². The van der Waals surface area contributed by atoms with Crippen molar-refractivity contribution in [3.8, 4) is 44.8 Å². The molecule has 0 aliphatic heterocycles. The zero-order valence-corrected chi connectivity index (χ0v) is 36.7. The van der Waals surface area contributed by atoms with Crippen LogP contribution < -0.4 is 4.90 Å². The lowest BCUT2D eigenvalue weighted by atomic mass is 9.67. The topological polar surface area (TPSA) is 20.5 Å². The molecule has 0 N–H and O–H groups in total. The fourth-order valence-electron chi connectivity index (χ4n) is 11.0. The van der Waals surface area contributed by atoms with Gasteiger partial charge in [0, 0.05) is 38.8 Å². The molecule has 0 unspecified atom stereocenters. The Morgan fingerprint density at radius 2 is 0.925 bits per heavy atom. The smallest absolute Gasteiger partial charge is 0.101 e. The number of hydrogen-bond acceptors (Lipinski definition) is 2. The van der Waals surface area contributed by atoms with E-state index in [-0.39, 0.29) is 0 Å². The van der Waals surface area contributed by atoms with E-state index in [2.05, 4.69) is 270 Å². The van der Waals surface area contributed by atoms with Gasteiger partial charge in [0.15, 0.2) is 0 Å². The molecule has 13 rings (SSSR count). The first-order chi connectivity index (χ1) is 33.3. The lowest BCUT2D eigenvalue weighted by Crippen LogP contribution is -2.28. The molecular formula is C64H43N3. The Labute approximate surface area is 390 Å². The zero-order chi connectivity index (χ0) is 44.3. The molecule has 1 aliphatic carbocycles. The largest absolute Gasteiger partial charge is 0.310 e. The van der Waals surface area contributed by atoms with Gasteiger partial charge in [-0.05, 0) is 86.1 Å². The summed E-state index contributed by atoms with van der Waals surface area (Å²) in [5.41, 5.74) is 17.8. The van der Waals surface area contributed by atoms with Gasteiger partial charge < -0.3 is 4.90 Å². The van der Waals surface area contributed by atoms with Crippen LogP contribution in [-0.2, 0) is 5.41 Å². The van der Waals surface area contributed by atoms with Crippen LogP contribution in [0, 0.1) is 0 Å². The maximum Gasteiger partial charge on any atom is 0.101 e. The van der Waals surface area contributed by atoms with Crippen molar-refractivity contribution in [2.75, 3.05) is 4.90 Å². The van der Waals surface area contributed by atoms with Crippen molar-refractivity contribution >= 4 is 44.1 Å². The molecule has 0 radical (unpaired) electrons. The summed E-state index contributed by atoms with van der Waals surface area (Å²) < 4.78 is 2.18. The normalized spacial score (nSPS) is 12.6. The van der Waals surface area contributed by atoms with Crippen LogP contribution in [0.15, 0.2) is 261 Å². The van der Waals surface area contributed by atoms with Crippen LogP contribution in [0.25, 0.3) is 71.8 Å². The molecule has 2 heterocycles. The number of fused-ring (bicyclic) bond motifs is 7. The Morgan fingerprint density at radius 1 is 0.373 bits per heavy atom. The molecule has 0 saturated carbocycles. The molecule has 314 valence electrons. The van der Waals surface area contributed by atoms with E-state index in [4.69, 9.17) is 5.10 Å². The minimum absolute atomic E-state index is 0.541. The van der Waals surface area contributed by atoms with Crippen molar-refractivity contribution in [1.29, 1.82) is 0 Å². The molecule has 0 bridgehead atoms. The minimum atomic E-state index is -0.541. The summed E-state index contributed by atoms with van der Waals surface area (Å²) in [7, 11) is 0. The number of anilines is 3. The van der Waals surface area contributed by atoms with Gasteiger partial charge in [-0.15, -0.1) is 0 Å². The summed E-state index contributed by atoms with van der Waals surface area (Å²) in [6.07, 6.45) is 0. The molecule has 0 amide bonds. The first-order valence-corrected chi connectivity index (χ1v) is 23.0. The summed E-state index contributed by atoms with van der Waals surface area (Å²) in [6, 6.07) is 95.0. The highest BCUT2D eigenvalue weighted by molar-refractivity contribution is 6.10. The summed E-state index contributed by atoms with van der Waals surface area (Å²) in [5.74, 6) is 0. The summed E-state index contributed by atoms with van der Waals surface area (Å²) in [5, 5.41) is 10.1. The van der Waals surface area contributed by atoms with Gasteiger partial charge in [0.2, 0.25) is 0 Å². The number of aromatic nitrogens is 2. The van der Waals surface area contributed by atoms with Crippen LogP contribution in [-0.4, -0.2) is 9.61 Å². The first-order valence-electron chi connectivity index (χ1n) is 23.0. The maximum absolute atomic E-state index is 5.49. The number of hydrogen-bond donors (Lipinski definition) is 0. The van der Waals surface area contributed by atoms with Gasteiger partial charge in [0.25, 0.3) is 0 Å². The fraction of sp³-hybridized carbons (Fsp3) is 0.0156. The lowest BCUT2D eigenvalue weighted by Gasteiger charge is -2.35. The number of pyridine rings is 1. The van der Waals surface area contributed by atoms with E-state index in [1.165, 1.54) is 44.2 Å². The molecule has 3 heteroatoms. The molecule has 10 aromatic carbocycles. The predicted octanol–water partition coefficient (Wildman–Crippen LogP) is 16.5. The Balaban J connectivity index is 1.11. The predicted molar refractivity (Wildman–Crippen MR) is 278 cm³/mol. The first kappa shape index (κ1) is 38.6. The average molecular weight is 854 g/mol. The molecule has 12 aromatic rings. The van der Waals surface area contributed by atoms with Gasteiger partial charge in [-0.1, -0.05) is 224 Å².